The zero-order valence-electron chi connectivity index (χ0n) is 15.5. The molecule has 0 radical (unpaired) electrons. The molecule has 0 fully saturated rings. The molecule has 0 saturated carbocycles. The Hall–Kier alpha value is -2.55. The monoisotopic (exact) mass is 337 g/mol. The van der Waals surface area contributed by atoms with Crippen LogP contribution in [-0.2, 0) is 20.9 Å². The van der Waals surface area contributed by atoms with Gasteiger partial charge in [0.05, 0.1) is 30.7 Å². The molecule has 1 rings (SSSR count). The summed E-state index contributed by atoms with van der Waals surface area (Å²) in [6, 6.07) is 3.55. The van der Waals surface area contributed by atoms with Gasteiger partial charge in [0.15, 0.2) is 0 Å². The Morgan fingerprint density at radius 2 is 1.83 bits per heavy atom. The number of esters is 1. The number of nitrogens with one attached hydrogen (secondary N) is 2. The van der Waals surface area contributed by atoms with E-state index in [0.29, 0.717) is 19.6 Å². The highest BCUT2D eigenvalue weighted by atomic mass is 16.5. The van der Waals surface area contributed by atoms with Gasteiger partial charge in [0, 0.05) is 0 Å². The Balaban J connectivity index is -0.000000549. The predicted octanol–water partition coefficient (Wildman–Crippen LogP) is 2.99. The Morgan fingerprint density at radius 1 is 1.25 bits per heavy atom. The average Bonchev–Trinajstić information content (AvgIpc) is 2.63. The molecular weight excluding hydrogens is 306 g/mol. The third-order valence-electron chi connectivity index (χ3n) is 1.93. The van der Waals surface area contributed by atoms with E-state index in [9.17, 15) is 9.59 Å². The number of nitrogens with zero attached hydrogens (tertiary/aromatic N) is 1. The fraction of sp³-hybridized carbons (Fsp3) is 0.500. The molecule has 0 atom stereocenters. The lowest BCUT2D eigenvalue weighted by atomic mass is 10.3. The molecule has 2 N–H and O–H groups in total. The minimum Gasteiger partial charge on any atom is -0.465 e. The topological polar surface area (TPSA) is 80.3 Å². The maximum atomic E-state index is 11.1. The number of aromatic nitrogens is 1. The molecule has 1 aromatic rings. The van der Waals surface area contributed by atoms with Gasteiger partial charge < -0.3 is 15.4 Å². The molecule has 1 amide bonds. The smallest absolute Gasteiger partial charge is 0.325 e. The van der Waals surface area contributed by atoms with E-state index in [4.69, 9.17) is 4.74 Å². The second-order valence-electron chi connectivity index (χ2n) is 3.90. The molecule has 0 saturated heterocycles. The molecule has 0 aliphatic heterocycles. The zero-order valence-corrected chi connectivity index (χ0v) is 15.5. The van der Waals surface area contributed by atoms with Gasteiger partial charge in [0.2, 0.25) is 6.41 Å². The maximum absolute atomic E-state index is 11.1. The maximum Gasteiger partial charge on any atom is 0.325 e. The number of anilines is 1. The van der Waals surface area contributed by atoms with Crippen LogP contribution in [0.5, 0.6) is 0 Å². The van der Waals surface area contributed by atoms with Crippen molar-refractivity contribution in [2.75, 3.05) is 18.5 Å². The Kier molecular flexibility index (Phi) is 25.0. The van der Waals surface area contributed by atoms with Gasteiger partial charge in [0.1, 0.15) is 6.54 Å². The Labute approximate surface area is 146 Å². The van der Waals surface area contributed by atoms with Gasteiger partial charge in [-0.2, -0.15) is 0 Å². The van der Waals surface area contributed by atoms with E-state index in [2.05, 4.69) is 42.3 Å². The number of pyridine rings is 1. The van der Waals surface area contributed by atoms with Gasteiger partial charge in [-0.05, 0) is 19.1 Å². The van der Waals surface area contributed by atoms with Crippen LogP contribution < -0.4 is 10.6 Å². The molecule has 6 nitrogen and oxygen atoms in total. The van der Waals surface area contributed by atoms with Crippen LogP contribution >= 0.6 is 0 Å². The zero-order chi connectivity index (χ0) is 19.2. The van der Waals surface area contributed by atoms with Crippen molar-refractivity contribution in [3.05, 3.63) is 24.0 Å². The first-order chi connectivity index (χ1) is 11.7. The van der Waals surface area contributed by atoms with Gasteiger partial charge in [-0.1, -0.05) is 34.1 Å². The van der Waals surface area contributed by atoms with Crippen LogP contribution in [0.1, 0.15) is 46.7 Å². The van der Waals surface area contributed by atoms with Crippen LogP contribution in [0, 0.1) is 12.8 Å². The van der Waals surface area contributed by atoms with Crippen LogP contribution in [0.15, 0.2) is 18.3 Å². The van der Waals surface area contributed by atoms with Crippen LogP contribution in [-0.4, -0.2) is 30.5 Å². The van der Waals surface area contributed by atoms with Gasteiger partial charge in [-0.25, -0.2) is 0 Å². The standard InChI is InChI=1S/C11H15N3O3.C3H8.C2H6.C2H2/c1-2-17-11(16)7-14-10-4-3-9(13-6-10)5-12-8-15;1-3-2;2*1-2/h3-4,6,8,14H,2,5,7H2,1H3,(H,12,15);3H2,1-2H3;1-2H3;1-2H. The first kappa shape index (κ1) is 26.4. The van der Waals surface area contributed by atoms with Crippen LogP contribution in [0.2, 0.25) is 0 Å². The van der Waals surface area contributed by atoms with E-state index >= 15 is 0 Å². The molecule has 0 aromatic carbocycles. The molecule has 24 heavy (non-hydrogen) atoms. The van der Waals surface area contributed by atoms with Gasteiger partial charge in [-0.3, -0.25) is 14.6 Å². The SMILES string of the molecule is C#C.CC.CCC.CCOC(=O)CNc1ccc(CNC=O)nc1. The molecule has 0 aliphatic rings. The second kappa shape index (κ2) is 22.7. The normalized spacial score (nSPS) is 7.79. The van der Waals surface area contributed by atoms with Crippen molar-refractivity contribution >= 4 is 18.1 Å². The number of hydrogen-bond donors (Lipinski definition) is 2. The van der Waals surface area contributed by atoms with Crippen molar-refractivity contribution in [3.8, 4) is 12.8 Å². The number of carbonyl (C=O) groups excluding carboxylic acids is 2. The number of rotatable bonds is 7. The van der Waals surface area contributed by atoms with Crippen molar-refractivity contribution in [1.82, 2.24) is 10.3 Å². The predicted molar refractivity (Wildman–Crippen MR) is 99.5 cm³/mol. The third kappa shape index (κ3) is 17.5. The van der Waals surface area contributed by atoms with E-state index < -0.39 is 0 Å². The minimum absolute atomic E-state index is 0.113. The van der Waals surface area contributed by atoms with E-state index in [1.807, 2.05) is 13.8 Å². The Morgan fingerprint density at radius 3 is 2.25 bits per heavy atom. The summed E-state index contributed by atoms with van der Waals surface area (Å²) in [5.74, 6) is -0.306. The molecule has 0 spiro atoms. The summed E-state index contributed by atoms with van der Waals surface area (Å²) < 4.78 is 4.77. The first-order valence-electron chi connectivity index (χ1n) is 8.02. The highest BCUT2D eigenvalue weighted by Crippen LogP contribution is 2.05. The molecule has 6 heteroatoms. The molecule has 1 heterocycles. The van der Waals surface area contributed by atoms with Crippen molar-refractivity contribution in [2.45, 2.75) is 47.6 Å². The Bertz CT molecular complexity index is 417. The molecule has 136 valence electrons. The highest BCUT2D eigenvalue weighted by molar-refractivity contribution is 5.74. The molecular formula is C18H31N3O3. The average molecular weight is 337 g/mol. The lowest BCUT2D eigenvalue weighted by Crippen LogP contribution is -2.17. The molecule has 0 unspecified atom stereocenters. The number of ether oxygens (including phenoxy) is 1. The van der Waals surface area contributed by atoms with E-state index in [1.54, 1.807) is 25.3 Å². The number of amides is 1. The summed E-state index contributed by atoms with van der Waals surface area (Å²) >= 11 is 0. The molecule has 0 bridgehead atoms. The second-order valence-corrected chi connectivity index (χ2v) is 3.90. The van der Waals surface area contributed by atoms with E-state index in [-0.39, 0.29) is 12.5 Å². The third-order valence-corrected chi connectivity index (χ3v) is 1.93. The summed E-state index contributed by atoms with van der Waals surface area (Å²) in [5, 5.41) is 5.40. The van der Waals surface area contributed by atoms with Gasteiger partial charge >= 0.3 is 5.97 Å². The summed E-state index contributed by atoms with van der Waals surface area (Å²) in [5.41, 5.74) is 1.48. The number of hydrogen-bond acceptors (Lipinski definition) is 5. The largest absolute Gasteiger partial charge is 0.465 e. The van der Waals surface area contributed by atoms with E-state index in [0.717, 1.165) is 11.4 Å². The van der Waals surface area contributed by atoms with Crippen molar-refractivity contribution in [3.63, 3.8) is 0 Å². The highest BCUT2D eigenvalue weighted by Gasteiger charge is 2.01. The fourth-order valence-electron chi connectivity index (χ4n) is 1.17. The fourth-order valence-corrected chi connectivity index (χ4v) is 1.17. The lowest BCUT2D eigenvalue weighted by molar-refractivity contribution is -0.140. The van der Waals surface area contributed by atoms with Crippen molar-refractivity contribution < 1.29 is 14.3 Å². The first-order valence-corrected chi connectivity index (χ1v) is 8.02. The summed E-state index contributed by atoms with van der Waals surface area (Å²) in [7, 11) is 0. The number of carbonyl (C=O) groups is 2. The summed E-state index contributed by atoms with van der Waals surface area (Å²) in [4.78, 5) is 25.3. The van der Waals surface area contributed by atoms with Gasteiger partial charge in [-0.15, -0.1) is 12.8 Å². The summed E-state index contributed by atoms with van der Waals surface area (Å²) in [6.07, 6.45) is 11.5. The number of terminal acetylenes is 1. The van der Waals surface area contributed by atoms with E-state index in [1.165, 1.54) is 6.42 Å². The van der Waals surface area contributed by atoms with Crippen LogP contribution in [0.4, 0.5) is 5.69 Å². The molecule has 1 aromatic heterocycles. The van der Waals surface area contributed by atoms with Crippen LogP contribution in [0.3, 0.4) is 0 Å². The lowest BCUT2D eigenvalue weighted by Gasteiger charge is -2.06. The van der Waals surface area contributed by atoms with Gasteiger partial charge in [0.25, 0.3) is 0 Å². The minimum atomic E-state index is -0.306. The van der Waals surface area contributed by atoms with Crippen molar-refractivity contribution in [2.24, 2.45) is 0 Å². The van der Waals surface area contributed by atoms with Crippen molar-refractivity contribution in [1.29, 1.82) is 0 Å². The molecule has 0 aliphatic carbocycles. The quantitative estimate of drug-likeness (QED) is 0.454. The van der Waals surface area contributed by atoms with Crippen LogP contribution in [0.25, 0.3) is 0 Å². The summed E-state index contributed by atoms with van der Waals surface area (Å²) in [6.45, 7) is 10.9.